The van der Waals surface area contributed by atoms with Gasteiger partial charge in [-0.05, 0) is 35.8 Å². The number of aryl methyl sites for hydroxylation is 1. The van der Waals surface area contributed by atoms with E-state index < -0.39 is 4.92 Å². The minimum absolute atomic E-state index is 0.122. The molecule has 0 atom stereocenters. The number of hydrogen-bond donors (Lipinski definition) is 1. The summed E-state index contributed by atoms with van der Waals surface area (Å²) < 4.78 is 6.19. The van der Waals surface area contributed by atoms with Crippen molar-refractivity contribution < 1.29 is 9.66 Å². The highest BCUT2D eigenvalue weighted by Gasteiger charge is 2.24. The third-order valence-electron chi connectivity index (χ3n) is 2.44. The first-order valence-corrected chi connectivity index (χ1v) is 6.86. The lowest BCUT2D eigenvalue weighted by molar-refractivity contribution is -0.386. The summed E-state index contributed by atoms with van der Waals surface area (Å²) in [6.07, 6.45) is 3.02. The Morgan fingerprint density at radius 3 is 2.81 bits per heavy atom. The Hall–Kier alpha value is -2.29. The van der Waals surface area contributed by atoms with Crippen LogP contribution in [0, 0.1) is 17.0 Å². The minimum atomic E-state index is -0.564. The molecule has 8 nitrogen and oxygen atoms in total. The summed E-state index contributed by atoms with van der Waals surface area (Å²) in [5.41, 5.74) is -0.0412. The van der Waals surface area contributed by atoms with Crippen molar-refractivity contribution in [2.24, 2.45) is 0 Å². The Kier molecular flexibility index (Phi) is 4.63. The fourth-order valence-corrected chi connectivity index (χ4v) is 1.96. The molecule has 0 radical (unpaired) electrons. The van der Waals surface area contributed by atoms with E-state index in [1.807, 2.05) is 6.92 Å². The van der Waals surface area contributed by atoms with Gasteiger partial charge in [0.05, 0.1) is 11.1 Å². The summed E-state index contributed by atoms with van der Waals surface area (Å²) in [4.78, 5) is 22.6. The van der Waals surface area contributed by atoms with Crippen LogP contribution in [-0.4, -0.2) is 26.4 Å². The molecule has 21 heavy (non-hydrogen) atoms. The van der Waals surface area contributed by atoms with Crippen LogP contribution in [0.4, 0.5) is 11.6 Å². The van der Waals surface area contributed by atoms with Crippen molar-refractivity contribution in [1.29, 1.82) is 0 Å². The molecule has 2 aromatic rings. The van der Waals surface area contributed by atoms with Crippen molar-refractivity contribution in [2.75, 3.05) is 11.9 Å². The average Bonchev–Trinajstić information content (AvgIpc) is 2.38. The quantitative estimate of drug-likeness (QED) is 0.650. The van der Waals surface area contributed by atoms with Gasteiger partial charge in [0, 0.05) is 17.2 Å². The van der Waals surface area contributed by atoms with Crippen LogP contribution in [0.2, 0.25) is 0 Å². The molecule has 0 fully saturated rings. The van der Waals surface area contributed by atoms with Crippen LogP contribution >= 0.6 is 15.9 Å². The topological polar surface area (TPSA) is 103 Å². The van der Waals surface area contributed by atoms with E-state index in [-0.39, 0.29) is 23.2 Å². The van der Waals surface area contributed by atoms with Gasteiger partial charge in [0.1, 0.15) is 11.4 Å². The summed E-state index contributed by atoms with van der Waals surface area (Å²) >= 11 is 3.26. The van der Waals surface area contributed by atoms with Crippen LogP contribution in [0.5, 0.6) is 11.6 Å². The van der Waals surface area contributed by atoms with E-state index in [1.54, 1.807) is 12.3 Å². The van der Waals surface area contributed by atoms with Gasteiger partial charge in [-0.25, -0.2) is 4.98 Å². The number of nitrogens with zero attached hydrogens (tertiary/aromatic N) is 4. The van der Waals surface area contributed by atoms with E-state index >= 15 is 0 Å². The molecule has 0 unspecified atom stereocenters. The molecule has 0 bridgehead atoms. The predicted octanol–water partition coefficient (Wildman–Crippen LogP) is 3.07. The van der Waals surface area contributed by atoms with Gasteiger partial charge in [-0.2, -0.15) is 4.98 Å². The number of rotatable bonds is 5. The van der Waals surface area contributed by atoms with Gasteiger partial charge in [0.2, 0.25) is 5.95 Å². The molecule has 0 aliphatic heterocycles. The van der Waals surface area contributed by atoms with Gasteiger partial charge in [0.15, 0.2) is 0 Å². The lowest BCUT2D eigenvalue weighted by atomic mass is 10.3. The van der Waals surface area contributed by atoms with Crippen LogP contribution in [-0.2, 0) is 0 Å². The molecular formula is C12H12BrN5O3. The van der Waals surface area contributed by atoms with Crippen molar-refractivity contribution >= 4 is 27.6 Å². The van der Waals surface area contributed by atoms with Crippen LogP contribution in [0.15, 0.2) is 22.9 Å². The van der Waals surface area contributed by atoms with E-state index in [9.17, 15) is 10.1 Å². The van der Waals surface area contributed by atoms with E-state index in [4.69, 9.17) is 4.74 Å². The molecule has 9 heteroatoms. The fraction of sp³-hybridized carbons (Fsp3) is 0.250. The third-order valence-corrected chi connectivity index (χ3v) is 2.87. The molecule has 0 aliphatic carbocycles. The molecule has 1 N–H and O–H groups in total. The maximum Gasteiger partial charge on any atom is 0.352 e. The first-order chi connectivity index (χ1) is 10.0. The molecule has 0 aromatic carbocycles. The summed E-state index contributed by atoms with van der Waals surface area (Å²) in [6, 6.07) is 1.64. The summed E-state index contributed by atoms with van der Waals surface area (Å²) in [7, 11) is 0. The zero-order valence-electron chi connectivity index (χ0n) is 11.3. The highest BCUT2D eigenvalue weighted by molar-refractivity contribution is 9.10. The van der Waals surface area contributed by atoms with Crippen molar-refractivity contribution in [3.63, 3.8) is 0 Å². The van der Waals surface area contributed by atoms with Gasteiger partial charge in [-0.3, -0.25) is 15.1 Å². The second kappa shape index (κ2) is 6.44. The highest BCUT2D eigenvalue weighted by atomic mass is 79.9. The second-order valence-electron chi connectivity index (χ2n) is 4.01. The van der Waals surface area contributed by atoms with E-state index in [1.165, 1.54) is 13.1 Å². The Morgan fingerprint density at radius 2 is 2.19 bits per heavy atom. The molecule has 0 amide bonds. The lowest BCUT2D eigenvalue weighted by Crippen LogP contribution is -2.07. The van der Waals surface area contributed by atoms with E-state index in [0.717, 1.165) is 0 Å². The smallest absolute Gasteiger partial charge is 0.352 e. The first-order valence-electron chi connectivity index (χ1n) is 6.06. The maximum absolute atomic E-state index is 11.2. The highest BCUT2D eigenvalue weighted by Crippen LogP contribution is 2.32. The molecule has 0 saturated carbocycles. The number of anilines is 1. The number of pyridine rings is 1. The lowest BCUT2D eigenvalue weighted by Gasteiger charge is -2.09. The third kappa shape index (κ3) is 3.63. The molecule has 2 heterocycles. The van der Waals surface area contributed by atoms with Gasteiger partial charge in [-0.1, -0.05) is 0 Å². The van der Waals surface area contributed by atoms with Gasteiger partial charge in [0.25, 0.3) is 0 Å². The summed E-state index contributed by atoms with van der Waals surface area (Å²) in [5.74, 6) is 0.495. The standard InChI is InChI=1S/C12H12BrN5O3/c1-3-15-12-16-7(2)10(18(19)20)11(17-12)21-9-4-8(13)5-14-6-9/h4-6H,3H2,1-2H3,(H,15,16,17). The minimum Gasteiger partial charge on any atom is -0.432 e. The summed E-state index contributed by atoms with van der Waals surface area (Å²) in [5, 5.41) is 14.1. The zero-order valence-corrected chi connectivity index (χ0v) is 12.9. The van der Waals surface area contributed by atoms with Gasteiger partial charge < -0.3 is 10.1 Å². The maximum atomic E-state index is 11.2. The molecule has 0 spiro atoms. The Balaban J connectivity index is 2.46. The number of ether oxygens (including phenoxy) is 1. The SMILES string of the molecule is CCNc1nc(C)c([N+](=O)[O-])c(Oc2cncc(Br)c2)n1. The Labute approximate surface area is 128 Å². The van der Waals surface area contributed by atoms with Crippen molar-refractivity contribution in [3.8, 4) is 11.6 Å². The summed E-state index contributed by atoms with van der Waals surface area (Å²) in [6.45, 7) is 4.00. The van der Waals surface area contributed by atoms with Crippen LogP contribution in [0.25, 0.3) is 0 Å². The Bertz CT molecular complexity index is 680. The number of hydrogen-bond acceptors (Lipinski definition) is 7. The number of aromatic nitrogens is 3. The zero-order chi connectivity index (χ0) is 15.4. The predicted molar refractivity (Wildman–Crippen MR) is 79.6 cm³/mol. The van der Waals surface area contributed by atoms with E-state index in [0.29, 0.717) is 16.8 Å². The van der Waals surface area contributed by atoms with Crippen LogP contribution < -0.4 is 10.1 Å². The second-order valence-corrected chi connectivity index (χ2v) is 4.93. The first kappa shape index (κ1) is 15.1. The van der Waals surface area contributed by atoms with Crippen molar-refractivity contribution in [1.82, 2.24) is 15.0 Å². The molecular weight excluding hydrogens is 342 g/mol. The Morgan fingerprint density at radius 1 is 1.43 bits per heavy atom. The molecule has 2 rings (SSSR count). The van der Waals surface area contributed by atoms with Crippen LogP contribution in [0.3, 0.4) is 0 Å². The van der Waals surface area contributed by atoms with Gasteiger partial charge >= 0.3 is 11.6 Å². The molecule has 110 valence electrons. The number of nitrogens with one attached hydrogen (secondary N) is 1. The number of halogens is 1. The average molecular weight is 354 g/mol. The molecule has 0 aliphatic rings. The molecule has 2 aromatic heterocycles. The van der Waals surface area contributed by atoms with Crippen molar-refractivity contribution in [3.05, 3.63) is 38.7 Å². The largest absolute Gasteiger partial charge is 0.432 e. The van der Waals surface area contributed by atoms with Gasteiger partial charge in [-0.15, -0.1) is 0 Å². The monoisotopic (exact) mass is 353 g/mol. The van der Waals surface area contributed by atoms with E-state index in [2.05, 4.69) is 36.2 Å². The molecule has 0 saturated heterocycles. The normalized spacial score (nSPS) is 10.2. The van der Waals surface area contributed by atoms with Crippen LogP contribution in [0.1, 0.15) is 12.6 Å². The number of nitro groups is 1. The van der Waals surface area contributed by atoms with Crippen molar-refractivity contribution in [2.45, 2.75) is 13.8 Å². The fourth-order valence-electron chi connectivity index (χ4n) is 1.62.